The van der Waals surface area contributed by atoms with Crippen molar-refractivity contribution < 1.29 is 20.1 Å². The fraction of sp³-hybridized carbons (Fsp3) is 0.353. The lowest BCUT2D eigenvalue weighted by atomic mass is 10.0. The van der Waals surface area contributed by atoms with E-state index < -0.39 is 17.2 Å². The number of aliphatic hydroxyl groups is 2. The zero-order valence-electron chi connectivity index (χ0n) is 12.5. The Labute approximate surface area is 124 Å². The fourth-order valence-electron chi connectivity index (χ4n) is 1.35. The third kappa shape index (κ3) is 6.63. The molecule has 4 nitrogen and oxygen atoms in total. The molecule has 0 bridgehead atoms. The number of hydrogen-bond acceptors (Lipinski definition) is 3. The van der Waals surface area contributed by atoms with Gasteiger partial charge in [0.15, 0.2) is 0 Å². The first-order valence-electron chi connectivity index (χ1n) is 6.36. The van der Waals surface area contributed by atoms with Crippen molar-refractivity contribution >= 4 is 5.97 Å². The number of carbonyl (C=O) groups is 1. The highest BCUT2D eigenvalue weighted by Gasteiger charge is 2.09. The Kier molecular flexibility index (Phi) is 4.80. The van der Waals surface area contributed by atoms with Crippen LogP contribution >= 0.6 is 0 Å². The number of carboxylic acids is 1. The highest BCUT2D eigenvalue weighted by molar-refractivity contribution is 5.88. The first-order valence-corrected chi connectivity index (χ1v) is 6.36. The number of benzene rings is 1. The van der Waals surface area contributed by atoms with E-state index in [0.717, 1.165) is 0 Å². The van der Waals surface area contributed by atoms with Crippen molar-refractivity contribution in [3.05, 3.63) is 34.9 Å². The van der Waals surface area contributed by atoms with Gasteiger partial charge in [0.05, 0.1) is 5.56 Å². The van der Waals surface area contributed by atoms with E-state index in [2.05, 4.69) is 23.7 Å². The van der Waals surface area contributed by atoms with Gasteiger partial charge in [0, 0.05) is 11.1 Å². The van der Waals surface area contributed by atoms with Gasteiger partial charge >= 0.3 is 5.97 Å². The number of aromatic carboxylic acids is 1. The summed E-state index contributed by atoms with van der Waals surface area (Å²) >= 11 is 0. The zero-order valence-corrected chi connectivity index (χ0v) is 12.5. The van der Waals surface area contributed by atoms with Gasteiger partial charge in [-0.05, 0) is 45.9 Å². The van der Waals surface area contributed by atoms with E-state index >= 15 is 0 Å². The lowest BCUT2D eigenvalue weighted by Gasteiger charge is -2.07. The number of rotatable bonds is 1. The lowest BCUT2D eigenvalue weighted by molar-refractivity contribution is 0.0696. The van der Waals surface area contributed by atoms with Gasteiger partial charge in [0.1, 0.15) is 11.2 Å². The van der Waals surface area contributed by atoms with Crippen LogP contribution in [0.3, 0.4) is 0 Å². The van der Waals surface area contributed by atoms with Gasteiger partial charge in [-0.1, -0.05) is 23.7 Å². The Hall–Kier alpha value is -2.27. The first-order chi connectivity index (χ1) is 9.46. The Morgan fingerprint density at radius 3 is 1.57 bits per heavy atom. The molecule has 0 aromatic heterocycles. The summed E-state index contributed by atoms with van der Waals surface area (Å²) in [4.78, 5) is 11.1. The van der Waals surface area contributed by atoms with Crippen molar-refractivity contribution in [2.75, 3.05) is 0 Å². The summed E-state index contributed by atoms with van der Waals surface area (Å²) in [5.41, 5.74) is -1.40. The average molecular weight is 286 g/mol. The van der Waals surface area contributed by atoms with Gasteiger partial charge < -0.3 is 15.3 Å². The number of hydrogen-bond donors (Lipinski definition) is 3. The van der Waals surface area contributed by atoms with E-state index in [1.807, 2.05) is 0 Å². The van der Waals surface area contributed by atoms with Crippen LogP contribution in [0.25, 0.3) is 0 Å². The molecular formula is C17H18O4. The normalized spacial score (nSPS) is 11.0. The highest BCUT2D eigenvalue weighted by atomic mass is 16.4. The van der Waals surface area contributed by atoms with Crippen LogP contribution in [0.2, 0.25) is 0 Å². The Morgan fingerprint density at radius 1 is 0.905 bits per heavy atom. The SMILES string of the molecule is CC(C)(O)C#Cc1cc(C#CC(C)(C)O)cc(C(=O)O)c1. The summed E-state index contributed by atoms with van der Waals surface area (Å²) in [5.74, 6) is 9.60. The molecule has 0 saturated heterocycles. The minimum absolute atomic E-state index is 0.0533. The molecule has 1 rings (SSSR count). The predicted octanol–water partition coefficient (Wildman–Crippen LogP) is 1.63. The minimum atomic E-state index is -1.17. The summed E-state index contributed by atoms with van der Waals surface area (Å²) in [6.07, 6.45) is 0. The summed E-state index contributed by atoms with van der Waals surface area (Å²) in [7, 11) is 0. The molecule has 0 aliphatic rings. The largest absolute Gasteiger partial charge is 0.478 e. The van der Waals surface area contributed by atoms with Gasteiger partial charge in [0.2, 0.25) is 0 Å². The third-order valence-corrected chi connectivity index (χ3v) is 2.21. The van der Waals surface area contributed by atoms with Gasteiger partial charge in [-0.25, -0.2) is 4.79 Å². The molecule has 110 valence electrons. The van der Waals surface area contributed by atoms with E-state index in [9.17, 15) is 15.0 Å². The van der Waals surface area contributed by atoms with Crippen LogP contribution in [0.15, 0.2) is 18.2 Å². The molecular weight excluding hydrogens is 268 g/mol. The maximum Gasteiger partial charge on any atom is 0.335 e. The van der Waals surface area contributed by atoms with Crippen molar-refractivity contribution in [3.8, 4) is 23.7 Å². The van der Waals surface area contributed by atoms with Gasteiger partial charge in [-0.2, -0.15) is 0 Å². The van der Waals surface area contributed by atoms with Gasteiger partial charge in [0.25, 0.3) is 0 Å². The van der Waals surface area contributed by atoms with E-state index in [0.29, 0.717) is 11.1 Å². The molecule has 1 aromatic carbocycles. The summed E-state index contributed by atoms with van der Waals surface area (Å²) < 4.78 is 0. The molecule has 21 heavy (non-hydrogen) atoms. The molecule has 3 N–H and O–H groups in total. The van der Waals surface area contributed by atoms with E-state index in [4.69, 9.17) is 5.11 Å². The van der Waals surface area contributed by atoms with Crippen LogP contribution in [-0.4, -0.2) is 32.5 Å². The number of carboxylic acid groups (broad SMARTS) is 1. The zero-order chi connectivity index (χ0) is 16.3. The summed E-state index contributed by atoms with van der Waals surface area (Å²) in [6.45, 7) is 6.15. The van der Waals surface area contributed by atoms with Crippen LogP contribution < -0.4 is 0 Å². The molecule has 0 saturated carbocycles. The molecule has 1 aromatic rings. The monoisotopic (exact) mass is 286 g/mol. The maximum absolute atomic E-state index is 11.1. The maximum atomic E-state index is 11.1. The van der Waals surface area contributed by atoms with Crippen molar-refractivity contribution in [3.63, 3.8) is 0 Å². The van der Waals surface area contributed by atoms with E-state index in [1.54, 1.807) is 6.07 Å². The second-order valence-corrected chi connectivity index (χ2v) is 5.72. The van der Waals surface area contributed by atoms with Crippen molar-refractivity contribution in [1.82, 2.24) is 0 Å². The highest BCUT2D eigenvalue weighted by Crippen LogP contribution is 2.11. The molecule has 0 atom stereocenters. The van der Waals surface area contributed by atoms with Crippen LogP contribution in [-0.2, 0) is 0 Å². The molecule has 0 aliphatic heterocycles. The average Bonchev–Trinajstić information content (AvgIpc) is 2.32. The predicted molar refractivity (Wildman–Crippen MR) is 79.8 cm³/mol. The van der Waals surface area contributed by atoms with Crippen molar-refractivity contribution in [2.24, 2.45) is 0 Å². The molecule has 0 unspecified atom stereocenters. The molecule has 0 spiro atoms. The van der Waals surface area contributed by atoms with Gasteiger partial charge in [-0.15, -0.1) is 0 Å². The van der Waals surface area contributed by atoms with Crippen LogP contribution in [0, 0.1) is 23.7 Å². The molecule has 0 amide bonds. The first kappa shape index (κ1) is 16.8. The van der Waals surface area contributed by atoms with Crippen molar-refractivity contribution in [1.29, 1.82) is 0 Å². The molecule has 4 heteroatoms. The van der Waals surface area contributed by atoms with Crippen LogP contribution in [0.1, 0.15) is 49.2 Å². The molecule has 0 aliphatic carbocycles. The standard InChI is InChI=1S/C17H18O4/c1-16(2,20)7-5-12-9-13(6-8-17(3,4)21)11-14(10-12)15(18)19/h9-11,20-21H,1-4H3,(H,18,19). The minimum Gasteiger partial charge on any atom is -0.478 e. The van der Waals surface area contributed by atoms with Crippen LogP contribution in [0.4, 0.5) is 0 Å². The molecule has 0 heterocycles. The summed E-state index contributed by atoms with van der Waals surface area (Å²) in [5, 5.41) is 28.3. The Bertz CT molecular complexity index is 615. The van der Waals surface area contributed by atoms with E-state index in [1.165, 1.54) is 39.8 Å². The topological polar surface area (TPSA) is 77.8 Å². The van der Waals surface area contributed by atoms with Gasteiger partial charge in [-0.3, -0.25) is 0 Å². The molecule has 0 radical (unpaired) electrons. The van der Waals surface area contributed by atoms with Crippen molar-refractivity contribution in [2.45, 2.75) is 38.9 Å². The fourth-order valence-corrected chi connectivity index (χ4v) is 1.35. The smallest absolute Gasteiger partial charge is 0.335 e. The second kappa shape index (κ2) is 6.01. The third-order valence-electron chi connectivity index (χ3n) is 2.21. The quantitative estimate of drug-likeness (QED) is 0.686. The van der Waals surface area contributed by atoms with E-state index in [-0.39, 0.29) is 5.56 Å². The summed E-state index contributed by atoms with van der Waals surface area (Å²) in [6, 6.07) is 4.44. The Balaban J connectivity index is 3.32. The lowest BCUT2D eigenvalue weighted by Crippen LogP contribution is -2.14. The van der Waals surface area contributed by atoms with Crippen LogP contribution in [0.5, 0.6) is 0 Å². The Morgan fingerprint density at radius 2 is 1.29 bits per heavy atom. The molecule has 0 fully saturated rings. The second-order valence-electron chi connectivity index (χ2n) is 5.72.